The van der Waals surface area contributed by atoms with Gasteiger partial charge in [0.15, 0.2) is 4.77 Å². The highest BCUT2D eigenvalue weighted by molar-refractivity contribution is 7.71. The van der Waals surface area contributed by atoms with Crippen molar-refractivity contribution in [2.24, 2.45) is 5.92 Å². The molecule has 110 valence electrons. The van der Waals surface area contributed by atoms with E-state index in [0.29, 0.717) is 23.2 Å². The molecule has 0 spiro atoms. The molecular weight excluding hydrogens is 282 g/mol. The third-order valence-corrected chi connectivity index (χ3v) is 5.25. The minimum Gasteiger partial charge on any atom is -0.383 e. The van der Waals surface area contributed by atoms with Crippen LogP contribution in [0.2, 0.25) is 0 Å². The summed E-state index contributed by atoms with van der Waals surface area (Å²) in [5.41, 5.74) is 3.03. The summed E-state index contributed by atoms with van der Waals surface area (Å²) in [5.74, 6) is 2.98. The predicted octanol–water partition coefficient (Wildman–Crippen LogP) is 3.03. The summed E-state index contributed by atoms with van der Waals surface area (Å²) >= 11 is 5.37. The molecule has 0 radical (unpaired) electrons. The number of ether oxygens (including phenoxy) is 1. The number of H-pyrrole nitrogens is 1. The molecule has 1 aromatic carbocycles. The molecule has 3 unspecified atom stereocenters. The first-order valence-electron chi connectivity index (χ1n) is 7.53. The molecule has 0 aliphatic heterocycles. The Morgan fingerprint density at radius 2 is 2.24 bits per heavy atom. The molecule has 4 nitrogen and oxygen atoms in total. The Bertz CT molecular complexity index is 720. The number of hydrogen-bond donors (Lipinski definition) is 1. The van der Waals surface area contributed by atoms with Crippen LogP contribution in [0, 0.1) is 10.7 Å². The number of aromatic nitrogens is 3. The highest BCUT2D eigenvalue weighted by Crippen LogP contribution is 2.64. The average Bonchev–Trinajstić information content (AvgIpc) is 3.15. The lowest BCUT2D eigenvalue weighted by molar-refractivity contribution is 0.185. The van der Waals surface area contributed by atoms with Crippen LogP contribution in [0.5, 0.6) is 0 Å². The zero-order valence-electron chi connectivity index (χ0n) is 12.1. The number of aromatic amines is 1. The van der Waals surface area contributed by atoms with Crippen LogP contribution in [0.4, 0.5) is 0 Å². The Balaban J connectivity index is 1.67. The van der Waals surface area contributed by atoms with Gasteiger partial charge in [-0.25, -0.2) is 0 Å². The second-order valence-corrected chi connectivity index (χ2v) is 6.37. The van der Waals surface area contributed by atoms with Crippen molar-refractivity contribution >= 4 is 12.2 Å². The Morgan fingerprint density at radius 3 is 3.10 bits per heavy atom. The van der Waals surface area contributed by atoms with Gasteiger partial charge in [0.2, 0.25) is 0 Å². The zero-order valence-corrected chi connectivity index (χ0v) is 12.9. The molecule has 1 aromatic heterocycles. The number of hydrogen-bond acceptors (Lipinski definition) is 3. The van der Waals surface area contributed by atoms with Crippen molar-refractivity contribution in [2.45, 2.75) is 31.2 Å². The van der Waals surface area contributed by atoms with Crippen molar-refractivity contribution in [3.63, 3.8) is 0 Å². The second-order valence-electron chi connectivity index (χ2n) is 5.98. The molecule has 5 heteroatoms. The van der Waals surface area contributed by atoms with Gasteiger partial charge >= 0.3 is 0 Å². The summed E-state index contributed by atoms with van der Waals surface area (Å²) in [4.78, 5) is 0. The number of fused-ring (bicyclic) bond motifs is 3. The number of rotatable bonds is 4. The van der Waals surface area contributed by atoms with E-state index in [-0.39, 0.29) is 0 Å². The summed E-state index contributed by atoms with van der Waals surface area (Å²) in [6.45, 7) is 1.44. The second kappa shape index (κ2) is 5.07. The Kier molecular flexibility index (Phi) is 3.19. The van der Waals surface area contributed by atoms with E-state index in [1.807, 2.05) is 0 Å². The topological polar surface area (TPSA) is 42.8 Å². The molecular formula is C16H19N3OS. The lowest BCUT2D eigenvalue weighted by Gasteiger charge is -2.13. The van der Waals surface area contributed by atoms with Gasteiger partial charge in [0.1, 0.15) is 5.82 Å². The minimum atomic E-state index is 0.512. The SMILES string of the molecule is COCCn1c(C2C3CCc4ccccc4C32)n[nH]c1=S. The van der Waals surface area contributed by atoms with Gasteiger partial charge in [0.05, 0.1) is 6.61 Å². The van der Waals surface area contributed by atoms with E-state index in [0.717, 1.165) is 18.3 Å². The zero-order chi connectivity index (χ0) is 14.4. The van der Waals surface area contributed by atoms with E-state index >= 15 is 0 Å². The van der Waals surface area contributed by atoms with Crippen molar-refractivity contribution in [3.05, 3.63) is 46.0 Å². The van der Waals surface area contributed by atoms with Crippen molar-refractivity contribution < 1.29 is 4.74 Å². The van der Waals surface area contributed by atoms with Crippen molar-refractivity contribution in [1.29, 1.82) is 0 Å². The molecule has 21 heavy (non-hydrogen) atoms. The fourth-order valence-corrected chi connectivity index (χ4v) is 4.13. The predicted molar refractivity (Wildman–Crippen MR) is 83.0 cm³/mol. The van der Waals surface area contributed by atoms with Gasteiger partial charge in [-0.05, 0) is 48.0 Å². The lowest BCUT2D eigenvalue weighted by Crippen LogP contribution is -2.08. The molecule has 4 rings (SSSR count). The van der Waals surface area contributed by atoms with Crippen LogP contribution in [0.25, 0.3) is 0 Å². The highest BCUT2D eigenvalue weighted by Gasteiger charge is 2.55. The summed E-state index contributed by atoms with van der Waals surface area (Å²) in [6, 6.07) is 8.85. The van der Waals surface area contributed by atoms with Gasteiger partial charge in [0.25, 0.3) is 0 Å². The highest BCUT2D eigenvalue weighted by atomic mass is 32.1. The van der Waals surface area contributed by atoms with Crippen molar-refractivity contribution in [2.75, 3.05) is 13.7 Å². The number of methoxy groups -OCH3 is 1. The first-order valence-corrected chi connectivity index (χ1v) is 7.94. The molecule has 2 aliphatic rings. The number of nitrogens with one attached hydrogen (secondary N) is 1. The Labute approximate surface area is 129 Å². The Morgan fingerprint density at radius 1 is 1.38 bits per heavy atom. The standard InChI is InChI=1S/C16H19N3OS/c1-20-9-8-19-15(17-18-16(19)21)14-12-7-6-10-4-2-3-5-11(10)13(12)14/h2-5,12-14H,6-9H2,1H3,(H,18,21). The number of benzene rings is 1. The van der Waals surface area contributed by atoms with Crippen LogP contribution in [0.3, 0.4) is 0 Å². The minimum absolute atomic E-state index is 0.512. The molecule has 3 atom stereocenters. The van der Waals surface area contributed by atoms with Crippen LogP contribution in [0.15, 0.2) is 24.3 Å². The van der Waals surface area contributed by atoms with E-state index in [1.165, 1.54) is 24.0 Å². The maximum atomic E-state index is 5.37. The quantitative estimate of drug-likeness (QED) is 0.883. The largest absolute Gasteiger partial charge is 0.383 e. The van der Waals surface area contributed by atoms with Crippen LogP contribution in [-0.4, -0.2) is 28.5 Å². The molecule has 1 heterocycles. The van der Waals surface area contributed by atoms with Gasteiger partial charge in [-0.15, -0.1) is 0 Å². The fourth-order valence-electron chi connectivity index (χ4n) is 3.90. The average molecular weight is 301 g/mol. The molecule has 1 fully saturated rings. The van der Waals surface area contributed by atoms with Gasteiger partial charge in [-0.3, -0.25) is 5.10 Å². The monoisotopic (exact) mass is 301 g/mol. The van der Waals surface area contributed by atoms with Gasteiger partial charge in [0, 0.05) is 19.6 Å². The third kappa shape index (κ3) is 2.07. The smallest absolute Gasteiger partial charge is 0.195 e. The first kappa shape index (κ1) is 13.2. The van der Waals surface area contributed by atoms with Crippen molar-refractivity contribution in [1.82, 2.24) is 14.8 Å². The Hall–Kier alpha value is -1.46. The fraction of sp³-hybridized carbons (Fsp3) is 0.500. The van der Waals surface area contributed by atoms with E-state index < -0.39 is 0 Å². The molecule has 2 aromatic rings. The lowest BCUT2D eigenvalue weighted by atomic mass is 9.92. The molecule has 0 bridgehead atoms. The normalized spacial score (nSPS) is 26.2. The molecule has 0 saturated heterocycles. The van der Waals surface area contributed by atoms with E-state index in [1.54, 1.807) is 7.11 Å². The first-order chi connectivity index (χ1) is 10.3. The maximum Gasteiger partial charge on any atom is 0.195 e. The number of nitrogens with zero attached hydrogens (tertiary/aromatic N) is 2. The molecule has 0 amide bonds. The van der Waals surface area contributed by atoms with Crippen LogP contribution in [-0.2, 0) is 17.7 Å². The van der Waals surface area contributed by atoms with Gasteiger partial charge in [-0.2, -0.15) is 5.10 Å². The van der Waals surface area contributed by atoms with Crippen LogP contribution in [0.1, 0.15) is 35.2 Å². The van der Waals surface area contributed by atoms with E-state index in [4.69, 9.17) is 17.0 Å². The van der Waals surface area contributed by atoms with Crippen LogP contribution < -0.4 is 0 Å². The summed E-state index contributed by atoms with van der Waals surface area (Å²) in [6.07, 6.45) is 2.45. The van der Waals surface area contributed by atoms with E-state index in [9.17, 15) is 0 Å². The van der Waals surface area contributed by atoms with E-state index in [2.05, 4.69) is 39.0 Å². The molecule has 2 aliphatic carbocycles. The van der Waals surface area contributed by atoms with Gasteiger partial charge in [-0.1, -0.05) is 24.3 Å². The number of aryl methyl sites for hydroxylation is 1. The van der Waals surface area contributed by atoms with Crippen molar-refractivity contribution in [3.8, 4) is 0 Å². The summed E-state index contributed by atoms with van der Waals surface area (Å²) in [7, 11) is 1.72. The maximum absolute atomic E-state index is 5.37. The third-order valence-electron chi connectivity index (χ3n) is 4.93. The van der Waals surface area contributed by atoms with Gasteiger partial charge < -0.3 is 9.30 Å². The molecule has 1 saturated carbocycles. The molecule has 1 N–H and O–H groups in total. The van der Waals surface area contributed by atoms with Crippen LogP contribution >= 0.6 is 12.2 Å². The summed E-state index contributed by atoms with van der Waals surface area (Å²) in [5, 5.41) is 7.48. The summed E-state index contributed by atoms with van der Waals surface area (Å²) < 4.78 is 8.01.